The smallest absolute Gasteiger partial charge is 0.221 e. The minimum Gasteiger partial charge on any atom is -0.368 e. The molecule has 1 aromatic carbocycles. The van der Waals surface area contributed by atoms with Crippen LogP contribution in [0.15, 0.2) is 35.4 Å². The molecular formula is C17H24N4O2S. The number of nitrogen functional groups attached to an aromatic ring is 1. The fourth-order valence-electron chi connectivity index (χ4n) is 2.63. The lowest BCUT2D eigenvalue weighted by molar-refractivity contribution is 0.601. The normalized spacial score (nSPS) is 11.7. The number of sulfone groups is 1. The van der Waals surface area contributed by atoms with Crippen LogP contribution in [0.3, 0.4) is 0 Å². The van der Waals surface area contributed by atoms with Gasteiger partial charge in [-0.2, -0.15) is 4.98 Å². The fraction of sp³-hybridized carbons (Fsp3) is 0.412. The second-order valence-corrected chi connectivity index (χ2v) is 8.19. The van der Waals surface area contributed by atoms with Crippen molar-refractivity contribution in [2.24, 2.45) is 5.92 Å². The van der Waals surface area contributed by atoms with E-state index in [0.717, 1.165) is 17.7 Å². The van der Waals surface area contributed by atoms with E-state index in [2.05, 4.69) is 23.8 Å². The van der Waals surface area contributed by atoms with E-state index < -0.39 is 9.84 Å². The molecule has 0 unspecified atom stereocenters. The van der Waals surface area contributed by atoms with E-state index >= 15 is 0 Å². The van der Waals surface area contributed by atoms with Crippen LogP contribution in [0.2, 0.25) is 0 Å². The Morgan fingerprint density at radius 3 is 2.50 bits per heavy atom. The van der Waals surface area contributed by atoms with Gasteiger partial charge in [-0.25, -0.2) is 13.4 Å². The third-order valence-corrected chi connectivity index (χ3v) is 4.76. The topological polar surface area (TPSA) is 89.2 Å². The molecule has 2 N–H and O–H groups in total. The van der Waals surface area contributed by atoms with Crippen LogP contribution < -0.4 is 10.6 Å². The molecule has 130 valence electrons. The lowest BCUT2D eigenvalue weighted by Crippen LogP contribution is -2.20. The van der Waals surface area contributed by atoms with Crippen LogP contribution >= 0.6 is 0 Å². The van der Waals surface area contributed by atoms with Gasteiger partial charge in [0.1, 0.15) is 5.82 Å². The molecule has 0 amide bonds. The molecule has 0 saturated heterocycles. The molecule has 0 saturated carbocycles. The zero-order valence-corrected chi connectivity index (χ0v) is 15.3. The van der Waals surface area contributed by atoms with Crippen LogP contribution in [0.5, 0.6) is 0 Å². The number of hydrogen-bond donors (Lipinski definition) is 1. The van der Waals surface area contributed by atoms with Gasteiger partial charge in [-0.05, 0) is 49.1 Å². The predicted octanol–water partition coefficient (Wildman–Crippen LogP) is 2.82. The highest BCUT2D eigenvalue weighted by molar-refractivity contribution is 7.90. The molecule has 0 fully saturated rings. The van der Waals surface area contributed by atoms with Gasteiger partial charge in [0.2, 0.25) is 5.95 Å². The number of benzene rings is 1. The zero-order valence-electron chi connectivity index (χ0n) is 14.5. The van der Waals surface area contributed by atoms with Crippen molar-refractivity contribution in [3.63, 3.8) is 0 Å². The summed E-state index contributed by atoms with van der Waals surface area (Å²) >= 11 is 0. The Morgan fingerprint density at radius 1 is 1.25 bits per heavy atom. The third-order valence-electron chi connectivity index (χ3n) is 3.65. The van der Waals surface area contributed by atoms with Crippen molar-refractivity contribution in [3.05, 3.63) is 36.0 Å². The van der Waals surface area contributed by atoms with Gasteiger partial charge in [-0.15, -0.1) is 0 Å². The van der Waals surface area contributed by atoms with Crippen molar-refractivity contribution >= 4 is 27.3 Å². The van der Waals surface area contributed by atoms with E-state index in [0.29, 0.717) is 23.2 Å². The van der Waals surface area contributed by atoms with E-state index in [-0.39, 0.29) is 5.95 Å². The zero-order chi connectivity index (χ0) is 17.9. The summed E-state index contributed by atoms with van der Waals surface area (Å²) in [6.45, 7) is 6.91. The lowest BCUT2D eigenvalue weighted by Gasteiger charge is -2.26. The summed E-state index contributed by atoms with van der Waals surface area (Å²) in [6.07, 6.45) is 3.62. The lowest BCUT2D eigenvalue weighted by atomic mass is 10.0. The van der Waals surface area contributed by atoms with Crippen molar-refractivity contribution in [2.45, 2.75) is 32.1 Å². The van der Waals surface area contributed by atoms with Crippen LogP contribution in [-0.2, 0) is 16.3 Å². The summed E-state index contributed by atoms with van der Waals surface area (Å²) in [5.41, 5.74) is 7.62. The minimum absolute atomic E-state index is 0.212. The van der Waals surface area contributed by atoms with Gasteiger partial charge in [0.15, 0.2) is 9.84 Å². The average molecular weight is 348 g/mol. The van der Waals surface area contributed by atoms with Crippen molar-refractivity contribution in [2.75, 3.05) is 23.4 Å². The van der Waals surface area contributed by atoms with Crippen LogP contribution in [-0.4, -0.2) is 31.2 Å². The highest BCUT2D eigenvalue weighted by atomic mass is 32.2. The van der Waals surface area contributed by atoms with E-state index in [1.54, 1.807) is 24.4 Å². The molecule has 6 nitrogen and oxygen atoms in total. The quantitative estimate of drug-likeness (QED) is 0.863. The van der Waals surface area contributed by atoms with Gasteiger partial charge in [0.05, 0.1) is 4.90 Å². The van der Waals surface area contributed by atoms with Gasteiger partial charge in [0.25, 0.3) is 0 Å². The minimum atomic E-state index is -3.25. The van der Waals surface area contributed by atoms with E-state index in [9.17, 15) is 8.42 Å². The Morgan fingerprint density at radius 2 is 1.96 bits per heavy atom. The molecule has 0 aliphatic heterocycles. The van der Waals surface area contributed by atoms with Crippen molar-refractivity contribution < 1.29 is 8.42 Å². The molecule has 0 aliphatic rings. The highest BCUT2D eigenvalue weighted by Gasteiger charge is 2.17. The Hall–Kier alpha value is -2.15. The summed E-state index contributed by atoms with van der Waals surface area (Å²) in [7, 11) is -3.25. The summed E-state index contributed by atoms with van der Waals surface area (Å²) in [5, 5.41) is 0. The molecule has 2 aromatic rings. The third kappa shape index (κ3) is 4.23. The first-order valence-corrected chi connectivity index (χ1v) is 9.80. The maximum atomic E-state index is 11.9. The maximum Gasteiger partial charge on any atom is 0.221 e. The highest BCUT2D eigenvalue weighted by Crippen LogP contribution is 2.31. The molecular weight excluding hydrogens is 324 g/mol. The van der Waals surface area contributed by atoms with Crippen molar-refractivity contribution in [3.8, 4) is 0 Å². The molecule has 0 aliphatic carbocycles. The van der Waals surface area contributed by atoms with Crippen molar-refractivity contribution in [1.29, 1.82) is 0 Å². The first-order chi connectivity index (χ1) is 11.2. The van der Waals surface area contributed by atoms with Crippen LogP contribution in [0.25, 0.3) is 0 Å². The SMILES string of the molecule is CCN(c1ccnc(N)n1)c1ccc(S(C)(=O)=O)cc1CC(C)C. The summed E-state index contributed by atoms with van der Waals surface area (Å²) in [4.78, 5) is 10.6. The maximum absolute atomic E-state index is 11.9. The first kappa shape index (κ1) is 18.2. The second-order valence-electron chi connectivity index (χ2n) is 6.18. The molecule has 7 heteroatoms. The monoisotopic (exact) mass is 348 g/mol. The second kappa shape index (κ2) is 7.17. The van der Waals surface area contributed by atoms with Crippen LogP contribution in [0.4, 0.5) is 17.5 Å². The largest absolute Gasteiger partial charge is 0.368 e. The Kier molecular flexibility index (Phi) is 5.43. The Labute approximate surface area is 143 Å². The fourth-order valence-corrected chi connectivity index (χ4v) is 3.30. The standard InChI is InChI=1S/C17H24N4O2S/c1-5-21(16-8-9-19-17(18)20-16)15-7-6-14(24(4,22)23)11-13(15)10-12(2)3/h6-9,11-12H,5,10H2,1-4H3,(H2,18,19,20). The average Bonchev–Trinajstić information content (AvgIpc) is 2.48. The van der Waals surface area contributed by atoms with Crippen molar-refractivity contribution in [1.82, 2.24) is 9.97 Å². The Balaban J connectivity index is 2.57. The van der Waals surface area contributed by atoms with Crippen LogP contribution in [0.1, 0.15) is 26.3 Å². The molecule has 1 aromatic heterocycles. The molecule has 2 rings (SSSR count). The number of rotatable bonds is 6. The number of anilines is 3. The summed E-state index contributed by atoms with van der Waals surface area (Å²) in [5.74, 6) is 1.30. The van der Waals surface area contributed by atoms with Gasteiger partial charge < -0.3 is 10.6 Å². The van der Waals surface area contributed by atoms with Gasteiger partial charge in [0, 0.05) is 24.7 Å². The molecule has 0 radical (unpaired) electrons. The van der Waals surface area contributed by atoms with E-state index in [4.69, 9.17) is 5.73 Å². The number of hydrogen-bond acceptors (Lipinski definition) is 6. The predicted molar refractivity (Wildman–Crippen MR) is 97.2 cm³/mol. The summed E-state index contributed by atoms with van der Waals surface area (Å²) in [6, 6.07) is 7.04. The number of nitrogens with two attached hydrogens (primary N) is 1. The number of nitrogens with zero attached hydrogens (tertiary/aromatic N) is 3. The van der Waals surface area contributed by atoms with Gasteiger partial charge in [-0.3, -0.25) is 0 Å². The van der Waals surface area contributed by atoms with Gasteiger partial charge in [-0.1, -0.05) is 13.8 Å². The molecule has 0 spiro atoms. The van der Waals surface area contributed by atoms with E-state index in [1.165, 1.54) is 6.26 Å². The Bertz CT molecular complexity index is 819. The van der Waals surface area contributed by atoms with Crippen LogP contribution in [0, 0.1) is 5.92 Å². The molecule has 1 heterocycles. The molecule has 0 atom stereocenters. The van der Waals surface area contributed by atoms with E-state index in [1.807, 2.05) is 17.9 Å². The molecule has 24 heavy (non-hydrogen) atoms. The molecule has 0 bridgehead atoms. The number of aromatic nitrogens is 2. The van der Waals surface area contributed by atoms with Gasteiger partial charge >= 0.3 is 0 Å². The first-order valence-electron chi connectivity index (χ1n) is 7.91. The summed E-state index contributed by atoms with van der Waals surface area (Å²) < 4.78 is 23.8.